The Morgan fingerprint density at radius 1 is 0.964 bits per heavy atom. The van der Waals surface area contributed by atoms with E-state index in [9.17, 15) is 9.59 Å². The van der Waals surface area contributed by atoms with Crippen molar-refractivity contribution >= 4 is 18.0 Å². The van der Waals surface area contributed by atoms with Crippen molar-refractivity contribution in [2.24, 2.45) is 0 Å². The van der Waals surface area contributed by atoms with Gasteiger partial charge in [-0.05, 0) is 29.4 Å². The van der Waals surface area contributed by atoms with Gasteiger partial charge in [0.15, 0.2) is 11.5 Å². The molecule has 1 aromatic rings. The summed E-state index contributed by atoms with van der Waals surface area (Å²) < 4.78 is 11.5. The predicted molar refractivity (Wildman–Crippen MR) is 111 cm³/mol. The molecule has 0 radical (unpaired) electrons. The maximum atomic E-state index is 12.6. The molecule has 1 aliphatic heterocycles. The molecule has 28 heavy (non-hydrogen) atoms. The van der Waals surface area contributed by atoms with Crippen molar-refractivity contribution in [3.63, 3.8) is 0 Å². The number of nitrogens with zero attached hydrogens (tertiary/aromatic N) is 1. The third-order valence-corrected chi connectivity index (χ3v) is 4.87. The summed E-state index contributed by atoms with van der Waals surface area (Å²) in [6.07, 6.45) is 1.70. The standard InChI is InChI=1S/C22H32N2O4/c1-10-24-19(25)16(23-20(24)26)11-13-14(21(2,3)4)12-15(22(5,6)7)18(28-9)17(13)27-8/h11-12H,10H2,1-9H3,(H,23,26)/b16-11-. The van der Waals surface area contributed by atoms with Crippen LogP contribution in [0.4, 0.5) is 4.79 Å². The topological polar surface area (TPSA) is 67.9 Å². The van der Waals surface area contributed by atoms with Gasteiger partial charge < -0.3 is 14.8 Å². The van der Waals surface area contributed by atoms with Gasteiger partial charge >= 0.3 is 6.03 Å². The summed E-state index contributed by atoms with van der Waals surface area (Å²) in [7, 11) is 3.20. The fourth-order valence-electron chi connectivity index (χ4n) is 3.38. The van der Waals surface area contributed by atoms with Gasteiger partial charge in [0.25, 0.3) is 5.91 Å². The van der Waals surface area contributed by atoms with Gasteiger partial charge in [-0.2, -0.15) is 0 Å². The van der Waals surface area contributed by atoms with Crippen LogP contribution in [-0.4, -0.2) is 37.6 Å². The van der Waals surface area contributed by atoms with Crippen molar-refractivity contribution in [1.29, 1.82) is 0 Å². The van der Waals surface area contributed by atoms with Crippen molar-refractivity contribution in [2.75, 3.05) is 20.8 Å². The van der Waals surface area contributed by atoms with Crippen LogP contribution in [0.2, 0.25) is 0 Å². The monoisotopic (exact) mass is 388 g/mol. The molecule has 1 aromatic carbocycles. The van der Waals surface area contributed by atoms with Gasteiger partial charge in [-0.1, -0.05) is 47.6 Å². The lowest BCUT2D eigenvalue weighted by Gasteiger charge is -2.30. The summed E-state index contributed by atoms with van der Waals surface area (Å²) in [5, 5.41) is 2.67. The smallest absolute Gasteiger partial charge is 0.328 e. The molecular weight excluding hydrogens is 356 g/mol. The number of carbonyl (C=O) groups is 2. The molecule has 6 heteroatoms. The number of likely N-dealkylation sites (N-methyl/N-ethyl adjacent to an activating group) is 1. The number of hydrogen-bond donors (Lipinski definition) is 1. The Labute approximate surface area is 167 Å². The van der Waals surface area contributed by atoms with E-state index in [0.717, 1.165) is 16.7 Å². The van der Waals surface area contributed by atoms with Crippen molar-refractivity contribution < 1.29 is 19.1 Å². The summed E-state index contributed by atoms with van der Waals surface area (Å²) >= 11 is 0. The van der Waals surface area contributed by atoms with E-state index in [0.29, 0.717) is 18.0 Å². The first-order valence-corrected chi connectivity index (χ1v) is 9.51. The lowest BCUT2D eigenvalue weighted by Crippen LogP contribution is -2.30. The van der Waals surface area contributed by atoms with Crippen LogP contribution in [0.1, 0.15) is 65.2 Å². The molecule has 0 unspecified atom stereocenters. The zero-order valence-electron chi connectivity index (χ0n) is 18.4. The molecule has 0 aliphatic carbocycles. The van der Waals surface area contributed by atoms with Gasteiger partial charge in [-0.3, -0.25) is 9.69 Å². The van der Waals surface area contributed by atoms with Crippen molar-refractivity contribution in [3.05, 3.63) is 28.5 Å². The lowest BCUT2D eigenvalue weighted by molar-refractivity contribution is -0.122. The maximum Gasteiger partial charge on any atom is 0.328 e. The maximum absolute atomic E-state index is 12.6. The largest absolute Gasteiger partial charge is 0.493 e. The second-order valence-corrected chi connectivity index (χ2v) is 8.99. The van der Waals surface area contributed by atoms with Crippen LogP contribution in [0.15, 0.2) is 11.8 Å². The van der Waals surface area contributed by atoms with Crippen LogP contribution in [0.3, 0.4) is 0 Å². The molecule has 1 N–H and O–H groups in total. The highest BCUT2D eigenvalue weighted by Gasteiger charge is 2.34. The van der Waals surface area contributed by atoms with E-state index in [4.69, 9.17) is 9.47 Å². The highest BCUT2D eigenvalue weighted by atomic mass is 16.5. The van der Waals surface area contributed by atoms with Crippen molar-refractivity contribution in [3.8, 4) is 11.5 Å². The molecule has 0 atom stereocenters. The zero-order valence-corrected chi connectivity index (χ0v) is 18.4. The second kappa shape index (κ2) is 7.49. The normalized spacial score (nSPS) is 16.6. The number of methoxy groups -OCH3 is 2. The van der Waals surface area contributed by atoms with Crippen LogP contribution < -0.4 is 14.8 Å². The average molecular weight is 389 g/mol. The minimum atomic E-state index is -0.409. The van der Waals surface area contributed by atoms with Crippen LogP contribution >= 0.6 is 0 Å². The molecule has 0 saturated carbocycles. The molecule has 0 spiro atoms. The van der Waals surface area contributed by atoms with Crippen LogP contribution in [0.5, 0.6) is 11.5 Å². The summed E-state index contributed by atoms with van der Waals surface area (Å²) in [4.78, 5) is 25.8. The quantitative estimate of drug-likeness (QED) is 0.620. The van der Waals surface area contributed by atoms with Gasteiger partial charge in [-0.15, -0.1) is 0 Å². The summed E-state index contributed by atoms with van der Waals surface area (Å²) in [5.74, 6) is 0.858. The summed E-state index contributed by atoms with van der Waals surface area (Å²) in [6, 6.07) is 1.71. The second-order valence-electron chi connectivity index (χ2n) is 8.99. The Morgan fingerprint density at radius 3 is 1.89 bits per heavy atom. The molecule has 1 heterocycles. The van der Waals surface area contributed by atoms with E-state index in [1.54, 1.807) is 27.2 Å². The Bertz CT molecular complexity index is 826. The average Bonchev–Trinajstić information content (AvgIpc) is 2.84. The predicted octanol–water partition coefficient (Wildman–Crippen LogP) is 4.21. The number of urea groups is 1. The molecule has 154 valence electrons. The Kier molecular flexibility index (Phi) is 5.83. The third kappa shape index (κ3) is 3.86. The SMILES string of the molecule is CCN1C(=O)N/C(=C\c2c(C(C)(C)C)cc(C(C)(C)C)c(OC)c2OC)C1=O. The van der Waals surface area contributed by atoms with E-state index in [2.05, 4.69) is 52.9 Å². The molecule has 0 bridgehead atoms. The number of rotatable bonds is 4. The number of ether oxygens (including phenoxy) is 2. The molecule has 3 amide bonds. The van der Waals surface area contributed by atoms with Gasteiger partial charge in [0.05, 0.1) is 14.2 Å². The van der Waals surface area contributed by atoms with Gasteiger partial charge in [-0.25, -0.2) is 4.79 Å². The first kappa shape index (κ1) is 21.8. The minimum absolute atomic E-state index is 0.166. The van der Waals surface area contributed by atoms with Gasteiger partial charge in [0, 0.05) is 17.7 Å². The summed E-state index contributed by atoms with van der Waals surface area (Å²) in [6.45, 7) is 14.8. The highest BCUT2D eigenvalue weighted by molar-refractivity contribution is 6.14. The van der Waals surface area contributed by atoms with Crippen molar-refractivity contribution in [1.82, 2.24) is 10.2 Å². The van der Waals surface area contributed by atoms with E-state index in [-0.39, 0.29) is 22.4 Å². The summed E-state index contributed by atoms with van der Waals surface area (Å²) in [5.41, 5.74) is 2.63. The van der Waals surface area contributed by atoms with E-state index < -0.39 is 6.03 Å². The Hall–Kier alpha value is -2.50. The molecule has 6 nitrogen and oxygen atoms in total. The highest BCUT2D eigenvalue weighted by Crippen LogP contribution is 2.46. The van der Waals surface area contributed by atoms with E-state index in [1.807, 2.05) is 0 Å². The van der Waals surface area contributed by atoms with Crippen molar-refractivity contribution in [2.45, 2.75) is 59.3 Å². The van der Waals surface area contributed by atoms with Crippen LogP contribution in [0.25, 0.3) is 6.08 Å². The van der Waals surface area contributed by atoms with Gasteiger partial charge in [0.1, 0.15) is 5.70 Å². The molecule has 2 rings (SSSR count). The number of nitrogens with one attached hydrogen (secondary N) is 1. The first-order chi connectivity index (χ1) is 12.9. The first-order valence-electron chi connectivity index (χ1n) is 9.51. The molecule has 1 fully saturated rings. The lowest BCUT2D eigenvalue weighted by atomic mass is 9.77. The fraction of sp³-hybridized carbons (Fsp3) is 0.545. The minimum Gasteiger partial charge on any atom is -0.493 e. The zero-order chi connectivity index (χ0) is 21.4. The van der Waals surface area contributed by atoms with E-state index >= 15 is 0 Å². The number of benzene rings is 1. The number of imide groups is 1. The molecule has 1 aliphatic rings. The molecule has 0 aromatic heterocycles. The number of carbonyl (C=O) groups excluding carboxylic acids is 2. The Morgan fingerprint density at radius 2 is 1.50 bits per heavy atom. The molecule has 1 saturated heterocycles. The number of hydrogen-bond acceptors (Lipinski definition) is 4. The number of amides is 3. The van der Waals surface area contributed by atoms with Crippen LogP contribution in [0, 0.1) is 0 Å². The van der Waals surface area contributed by atoms with Gasteiger partial charge in [0.2, 0.25) is 0 Å². The molecular formula is C22H32N2O4. The third-order valence-electron chi connectivity index (χ3n) is 4.87. The Balaban J connectivity index is 2.85. The fourth-order valence-corrected chi connectivity index (χ4v) is 3.38. The van der Waals surface area contributed by atoms with E-state index in [1.165, 1.54) is 4.90 Å². The van der Waals surface area contributed by atoms with Crippen LogP contribution in [-0.2, 0) is 15.6 Å².